The summed E-state index contributed by atoms with van der Waals surface area (Å²) < 4.78 is 55.9. The highest BCUT2D eigenvalue weighted by molar-refractivity contribution is 5.88. The van der Waals surface area contributed by atoms with Crippen molar-refractivity contribution in [1.82, 2.24) is 35.4 Å². The van der Waals surface area contributed by atoms with E-state index < -0.39 is 54.8 Å². The first-order valence-corrected chi connectivity index (χ1v) is 11.8. The topological polar surface area (TPSA) is 106 Å². The van der Waals surface area contributed by atoms with Crippen molar-refractivity contribution in [2.75, 3.05) is 6.54 Å². The summed E-state index contributed by atoms with van der Waals surface area (Å²) in [5, 5.41) is 12.5. The number of nitrogens with one attached hydrogen (secondary N) is 1. The van der Waals surface area contributed by atoms with Crippen LogP contribution >= 0.6 is 0 Å². The second kappa shape index (κ2) is 10.2. The maximum Gasteiger partial charge on any atom is 0.298 e. The van der Waals surface area contributed by atoms with E-state index >= 15 is 0 Å². The van der Waals surface area contributed by atoms with Crippen LogP contribution in [-0.2, 0) is 16.1 Å². The van der Waals surface area contributed by atoms with Gasteiger partial charge >= 0.3 is 0 Å². The molecule has 1 saturated carbocycles. The van der Waals surface area contributed by atoms with Crippen LogP contribution in [0.1, 0.15) is 60.3 Å². The molecule has 3 aromatic rings. The molecule has 1 aliphatic heterocycles. The maximum atomic E-state index is 14.7. The van der Waals surface area contributed by atoms with E-state index in [1.54, 1.807) is 42.5 Å². The molecule has 13 heteroatoms. The van der Waals surface area contributed by atoms with Gasteiger partial charge in [-0.1, -0.05) is 36.4 Å². The SMILES string of the molecule is O=C(N[C@@H](c1ccccc1)c1ccc(C2CC2)c(F)n1)[C@@H]1C[C@@H](F)CN1C(=O)Cn1nnnc1C(F)F. The highest BCUT2D eigenvalue weighted by Crippen LogP contribution is 2.41. The Hall–Kier alpha value is -3.90. The molecule has 2 amide bonds. The third-order valence-corrected chi connectivity index (χ3v) is 6.54. The molecule has 0 bridgehead atoms. The average molecular weight is 517 g/mol. The van der Waals surface area contributed by atoms with Gasteiger partial charge in [0.15, 0.2) is 0 Å². The predicted octanol–water partition coefficient (Wildman–Crippen LogP) is 2.87. The van der Waals surface area contributed by atoms with Gasteiger partial charge in [0, 0.05) is 12.0 Å². The summed E-state index contributed by atoms with van der Waals surface area (Å²) in [6.07, 6.45) is -2.99. The fraction of sp³-hybridized carbons (Fsp3) is 0.417. The first-order chi connectivity index (χ1) is 17.8. The van der Waals surface area contributed by atoms with Crippen LogP contribution in [0.2, 0.25) is 0 Å². The maximum absolute atomic E-state index is 14.7. The monoisotopic (exact) mass is 517 g/mol. The molecular formula is C24H23F4N7O2. The van der Waals surface area contributed by atoms with Crippen molar-refractivity contribution < 1.29 is 27.2 Å². The van der Waals surface area contributed by atoms with Gasteiger partial charge in [-0.05, 0) is 40.8 Å². The summed E-state index contributed by atoms with van der Waals surface area (Å²) >= 11 is 0. The van der Waals surface area contributed by atoms with Crippen molar-refractivity contribution in [3.8, 4) is 0 Å². The summed E-state index contributed by atoms with van der Waals surface area (Å²) in [5.74, 6) is -2.73. The Labute approximate surface area is 208 Å². The minimum absolute atomic E-state index is 0.150. The van der Waals surface area contributed by atoms with Crippen molar-refractivity contribution in [3.05, 3.63) is 71.1 Å². The molecule has 5 rings (SSSR count). The van der Waals surface area contributed by atoms with Crippen LogP contribution in [0.3, 0.4) is 0 Å². The fourth-order valence-corrected chi connectivity index (χ4v) is 4.54. The van der Waals surface area contributed by atoms with Gasteiger partial charge < -0.3 is 10.2 Å². The van der Waals surface area contributed by atoms with Gasteiger partial charge in [-0.15, -0.1) is 5.10 Å². The number of carbonyl (C=O) groups is 2. The van der Waals surface area contributed by atoms with Gasteiger partial charge in [0.25, 0.3) is 6.43 Å². The molecule has 1 aromatic carbocycles. The van der Waals surface area contributed by atoms with Gasteiger partial charge in [-0.3, -0.25) is 9.59 Å². The molecule has 2 aromatic heterocycles. The van der Waals surface area contributed by atoms with Gasteiger partial charge in [0.05, 0.1) is 18.3 Å². The lowest BCUT2D eigenvalue weighted by atomic mass is 10.0. The van der Waals surface area contributed by atoms with Crippen LogP contribution in [0, 0.1) is 5.95 Å². The molecule has 0 radical (unpaired) electrons. The molecule has 194 valence electrons. The molecule has 1 saturated heterocycles. The zero-order chi connectivity index (χ0) is 26.1. The van der Waals surface area contributed by atoms with Gasteiger partial charge in [0.1, 0.15) is 18.8 Å². The van der Waals surface area contributed by atoms with E-state index in [0.29, 0.717) is 15.8 Å². The molecular weight excluding hydrogens is 494 g/mol. The van der Waals surface area contributed by atoms with Crippen molar-refractivity contribution >= 4 is 11.8 Å². The number of amides is 2. The number of nitrogens with zero attached hydrogens (tertiary/aromatic N) is 6. The molecule has 3 heterocycles. The molecule has 1 aliphatic carbocycles. The van der Waals surface area contributed by atoms with Crippen molar-refractivity contribution in [2.45, 2.75) is 56.4 Å². The first kappa shape index (κ1) is 24.8. The third kappa shape index (κ3) is 5.30. The molecule has 9 nitrogen and oxygen atoms in total. The quantitative estimate of drug-likeness (QED) is 0.364. The van der Waals surface area contributed by atoms with E-state index in [9.17, 15) is 27.2 Å². The molecule has 3 atom stereocenters. The highest BCUT2D eigenvalue weighted by Gasteiger charge is 2.41. The number of halogens is 4. The number of tetrazole rings is 1. The number of pyridine rings is 1. The second-order valence-corrected chi connectivity index (χ2v) is 9.13. The third-order valence-electron chi connectivity index (χ3n) is 6.54. The van der Waals surface area contributed by atoms with Crippen molar-refractivity contribution in [3.63, 3.8) is 0 Å². The summed E-state index contributed by atoms with van der Waals surface area (Å²) in [4.78, 5) is 31.3. The van der Waals surface area contributed by atoms with Gasteiger partial charge in [-0.2, -0.15) is 4.39 Å². The summed E-state index contributed by atoms with van der Waals surface area (Å²) in [5.41, 5.74) is 1.40. The zero-order valence-electron chi connectivity index (χ0n) is 19.5. The van der Waals surface area contributed by atoms with E-state index in [2.05, 4.69) is 25.8 Å². The van der Waals surface area contributed by atoms with E-state index in [1.807, 2.05) is 0 Å². The standard InChI is InChI=1S/C24H23F4N7O2/c25-15-10-18(34(11-15)19(36)12-35-23(21(26)27)31-32-33-35)24(37)30-20(14-4-2-1-3-5-14)17-9-8-16(13-6-7-13)22(28)29-17/h1-5,8-9,13,15,18,20-21H,6-7,10-12H2,(H,30,37)/t15-,18+,20+/m1/s1. The smallest absolute Gasteiger partial charge is 0.298 e. The van der Waals surface area contributed by atoms with E-state index in [4.69, 9.17) is 0 Å². The lowest BCUT2D eigenvalue weighted by molar-refractivity contribution is -0.139. The Morgan fingerprint density at radius 2 is 1.86 bits per heavy atom. The average Bonchev–Trinajstić information content (AvgIpc) is 3.48. The van der Waals surface area contributed by atoms with Crippen molar-refractivity contribution in [1.29, 1.82) is 0 Å². The lowest BCUT2D eigenvalue weighted by Crippen LogP contribution is -2.48. The Morgan fingerprint density at radius 3 is 2.54 bits per heavy atom. The summed E-state index contributed by atoms with van der Waals surface area (Å²) in [6.45, 7) is -1.07. The van der Waals surface area contributed by atoms with E-state index in [0.717, 1.165) is 17.7 Å². The number of aromatic nitrogens is 5. The van der Waals surface area contributed by atoms with Crippen LogP contribution in [0.15, 0.2) is 42.5 Å². The van der Waals surface area contributed by atoms with Crippen LogP contribution in [0.5, 0.6) is 0 Å². The van der Waals surface area contributed by atoms with Crippen LogP contribution in [0.25, 0.3) is 0 Å². The van der Waals surface area contributed by atoms with Crippen LogP contribution in [0.4, 0.5) is 17.6 Å². The lowest BCUT2D eigenvalue weighted by Gasteiger charge is -2.26. The molecule has 37 heavy (non-hydrogen) atoms. The molecule has 0 unspecified atom stereocenters. The number of hydrogen-bond donors (Lipinski definition) is 1. The van der Waals surface area contributed by atoms with E-state index in [1.165, 1.54) is 0 Å². The fourth-order valence-electron chi connectivity index (χ4n) is 4.54. The minimum Gasteiger partial charge on any atom is -0.342 e. The number of likely N-dealkylation sites (tertiary alicyclic amines) is 1. The van der Waals surface area contributed by atoms with E-state index in [-0.39, 0.29) is 24.6 Å². The number of benzene rings is 1. The van der Waals surface area contributed by atoms with Gasteiger partial charge in [-0.25, -0.2) is 22.8 Å². The Bertz CT molecular complexity index is 1290. The molecule has 0 spiro atoms. The Kier molecular flexibility index (Phi) is 6.85. The van der Waals surface area contributed by atoms with Crippen molar-refractivity contribution in [2.24, 2.45) is 0 Å². The normalized spacial score (nSPS) is 20.3. The van der Waals surface area contributed by atoms with Crippen LogP contribution < -0.4 is 5.32 Å². The molecule has 2 fully saturated rings. The molecule has 1 N–H and O–H groups in total. The number of alkyl halides is 3. The predicted molar refractivity (Wildman–Crippen MR) is 120 cm³/mol. The summed E-state index contributed by atoms with van der Waals surface area (Å²) in [6, 6.07) is 9.98. The molecule has 2 aliphatic rings. The second-order valence-electron chi connectivity index (χ2n) is 9.13. The zero-order valence-corrected chi connectivity index (χ0v) is 19.5. The number of carbonyl (C=O) groups excluding carboxylic acids is 2. The van der Waals surface area contributed by atoms with Crippen LogP contribution in [-0.4, -0.2) is 60.7 Å². The summed E-state index contributed by atoms with van der Waals surface area (Å²) in [7, 11) is 0. The van der Waals surface area contributed by atoms with Gasteiger partial charge in [0.2, 0.25) is 23.6 Å². The highest BCUT2D eigenvalue weighted by atomic mass is 19.3. The number of hydrogen-bond acceptors (Lipinski definition) is 6. The Morgan fingerprint density at radius 1 is 1.11 bits per heavy atom. The first-order valence-electron chi connectivity index (χ1n) is 11.8. The largest absolute Gasteiger partial charge is 0.342 e. The Balaban J connectivity index is 1.37. The number of rotatable bonds is 8. The minimum atomic E-state index is -3.01.